The van der Waals surface area contributed by atoms with E-state index in [1.807, 2.05) is 6.26 Å². The van der Waals surface area contributed by atoms with Crippen LogP contribution in [0, 0.1) is 11.6 Å². The Bertz CT molecular complexity index is 470. The van der Waals surface area contributed by atoms with Crippen molar-refractivity contribution in [3.63, 3.8) is 0 Å². The van der Waals surface area contributed by atoms with Crippen LogP contribution in [0.15, 0.2) is 18.2 Å². The number of amides is 2. The number of thioether (sulfide) groups is 1. The molecule has 20 heavy (non-hydrogen) atoms. The fraction of sp³-hybridized carbons (Fsp3) is 0.462. The van der Waals surface area contributed by atoms with Crippen LogP contribution >= 0.6 is 11.8 Å². The molecule has 0 aliphatic heterocycles. The largest absolute Gasteiger partial charge is 0.387 e. The van der Waals surface area contributed by atoms with Gasteiger partial charge >= 0.3 is 6.03 Å². The zero-order valence-corrected chi connectivity index (χ0v) is 12.2. The van der Waals surface area contributed by atoms with Crippen LogP contribution in [-0.4, -0.2) is 35.3 Å². The molecular weight excluding hydrogens is 286 g/mol. The molecule has 0 radical (unpaired) electrons. The van der Waals surface area contributed by atoms with Gasteiger partial charge in [-0.2, -0.15) is 11.8 Å². The first-order valence-corrected chi connectivity index (χ1v) is 7.40. The number of carbonyl (C=O) groups excluding carboxylic acids is 1. The molecule has 2 amide bonds. The van der Waals surface area contributed by atoms with Crippen molar-refractivity contribution in [3.8, 4) is 0 Å². The molecule has 0 bridgehead atoms. The molecule has 4 nitrogen and oxygen atoms in total. The fourth-order valence-corrected chi connectivity index (χ4v) is 2.27. The molecule has 1 atom stereocenters. The number of urea groups is 1. The van der Waals surface area contributed by atoms with Gasteiger partial charge in [0.15, 0.2) is 0 Å². The average molecular weight is 304 g/mol. The number of halogens is 2. The van der Waals surface area contributed by atoms with E-state index < -0.39 is 23.3 Å². The van der Waals surface area contributed by atoms with Crippen molar-refractivity contribution in [2.24, 2.45) is 0 Å². The van der Waals surface area contributed by atoms with Crippen molar-refractivity contribution in [2.75, 3.05) is 18.6 Å². The SMILES string of the molecule is CSCC(C)(O)CNC(=O)NCc1cc(F)ccc1F. The van der Waals surface area contributed by atoms with Crippen molar-refractivity contribution in [1.82, 2.24) is 10.6 Å². The van der Waals surface area contributed by atoms with Gasteiger partial charge in [0.2, 0.25) is 0 Å². The Morgan fingerprint density at radius 3 is 2.75 bits per heavy atom. The van der Waals surface area contributed by atoms with Gasteiger partial charge in [-0.1, -0.05) is 0 Å². The van der Waals surface area contributed by atoms with E-state index >= 15 is 0 Å². The van der Waals surface area contributed by atoms with Crippen molar-refractivity contribution < 1.29 is 18.7 Å². The second kappa shape index (κ2) is 7.44. The maximum Gasteiger partial charge on any atom is 0.315 e. The molecular formula is C13H18F2N2O2S. The van der Waals surface area contributed by atoms with Gasteiger partial charge in [-0.25, -0.2) is 13.6 Å². The monoisotopic (exact) mass is 304 g/mol. The van der Waals surface area contributed by atoms with Crippen LogP contribution in [-0.2, 0) is 6.54 Å². The van der Waals surface area contributed by atoms with Crippen LogP contribution in [0.2, 0.25) is 0 Å². The quantitative estimate of drug-likeness (QED) is 0.752. The third-order valence-corrected chi connectivity index (χ3v) is 3.44. The summed E-state index contributed by atoms with van der Waals surface area (Å²) in [5, 5.41) is 14.7. The summed E-state index contributed by atoms with van der Waals surface area (Å²) in [4.78, 5) is 11.5. The third-order valence-electron chi connectivity index (χ3n) is 2.53. The Morgan fingerprint density at radius 1 is 1.40 bits per heavy atom. The number of aliphatic hydroxyl groups is 1. The van der Waals surface area contributed by atoms with Crippen molar-refractivity contribution in [1.29, 1.82) is 0 Å². The van der Waals surface area contributed by atoms with Crippen LogP contribution < -0.4 is 10.6 Å². The van der Waals surface area contributed by atoms with E-state index in [0.717, 1.165) is 18.2 Å². The van der Waals surface area contributed by atoms with Crippen LogP contribution in [0.5, 0.6) is 0 Å². The molecule has 3 N–H and O–H groups in total. The fourth-order valence-electron chi connectivity index (χ4n) is 1.55. The van der Waals surface area contributed by atoms with Gasteiger partial charge < -0.3 is 15.7 Å². The first kappa shape index (κ1) is 16.7. The molecule has 0 aliphatic carbocycles. The average Bonchev–Trinajstić information content (AvgIpc) is 2.37. The summed E-state index contributed by atoms with van der Waals surface area (Å²) >= 11 is 1.46. The summed E-state index contributed by atoms with van der Waals surface area (Å²) in [5.41, 5.74) is -0.947. The number of benzene rings is 1. The molecule has 1 unspecified atom stereocenters. The van der Waals surface area contributed by atoms with Crippen molar-refractivity contribution in [2.45, 2.75) is 19.1 Å². The van der Waals surface area contributed by atoms with Gasteiger partial charge in [0.1, 0.15) is 11.6 Å². The lowest BCUT2D eigenvalue weighted by atomic mass is 10.1. The lowest BCUT2D eigenvalue weighted by Gasteiger charge is -2.22. The summed E-state index contributed by atoms with van der Waals surface area (Å²) in [6, 6.07) is 2.50. The molecule has 1 aromatic rings. The van der Waals surface area contributed by atoms with Gasteiger partial charge in [-0.3, -0.25) is 0 Å². The Hall–Kier alpha value is -1.34. The standard InChI is InChI=1S/C13H18F2N2O2S/c1-13(19,8-20-2)7-17-12(18)16-6-9-5-10(14)3-4-11(9)15/h3-5,19H,6-8H2,1-2H3,(H2,16,17,18). The molecule has 1 rings (SSSR count). The number of rotatable bonds is 6. The van der Waals surface area contributed by atoms with E-state index in [0.29, 0.717) is 5.75 Å². The minimum Gasteiger partial charge on any atom is -0.387 e. The lowest BCUT2D eigenvalue weighted by molar-refractivity contribution is 0.0869. The normalized spacial score (nSPS) is 13.7. The predicted molar refractivity (Wildman–Crippen MR) is 75.6 cm³/mol. The minimum atomic E-state index is -1.01. The number of hydrogen-bond acceptors (Lipinski definition) is 3. The Balaban J connectivity index is 2.42. The predicted octanol–water partition coefficient (Wildman–Crippen LogP) is 1.88. The molecule has 0 aliphatic rings. The second-order valence-electron chi connectivity index (χ2n) is 4.70. The van der Waals surface area contributed by atoms with Crippen LogP contribution in [0.25, 0.3) is 0 Å². The van der Waals surface area contributed by atoms with E-state index in [2.05, 4.69) is 10.6 Å². The third kappa shape index (κ3) is 5.75. The molecule has 112 valence electrons. The van der Waals surface area contributed by atoms with Crippen LogP contribution in [0.3, 0.4) is 0 Å². The number of hydrogen-bond donors (Lipinski definition) is 3. The first-order chi connectivity index (χ1) is 9.34. The van der Waals surface area contributed by atoms with Crippen LogP contribution in [0.4, 0.5) is 13.6 Å². The zero-order valence-electron chi connectivity index (χ0n) is 11.4. The highest BCUT2D eigenvalue weighted by molar-refractivity contribution is 7.98. The van der Waals surface area contributed by atoms with Gasteiger partial charge in [0, 0.05) is 24.4 Å². The van der Waals surface area contributed by atoms with E-state index in [4.69, 9.17) is 0 Å². The maximum absolute atomic E-state index is 13.3. The number of nitrogens with one attached hydrogen (secondary N) is 2. The Kier molecular flexibility index (Phi) is 6.22. The number of carbonyl (C=O) groups is 1. The molecule has 1 aromatic carbocycles. The summed E-state index contributed by atoms with van der Waals surface area (Å²) in [7, 11) is 0. The van der Waals surface area contributed by atoms with Gasteiger partial charge in [-0.15, -0.1) is 0 Å². The second-order valence-corrected chi connectivity index (χ2v) is 5.57. The molecule has 0 saturated carbocycles. The summed E-state index contributed by atoms with van der Waals surface area (Å²) in [5.74, 6) is -0.668. The Morgan fingerprint density at radius 2 is 2.10 bits per heavy atom. The molecule has 0 fully saturated rings. The van der Waals surface area contributed by atoms with Gasteiger partial charge in [0.05, 0.1) is 5.60 Å². The lowest BCUT2D eigenvalue weighted by Crippen LogP contribution is -2.46. The van der Waals surface area contributed by atoms with Crippen LogP contribution in [0.1, 0.15) is 12.5 Å². The summed E-state index contributed by atoms with van der Waals surface area (Å²) in [6.45, 7) is 1.56. The van der Waals surface area contributed by atoms with Gasteiger partial charge in [0.25, 0.3) is 0 Å². The minimum absolute atomic E-state index is 0.0658. The molecule has 0 aromatic heterocycles. The molecule has 0 spiro atoms. The topological polar surface area (TPSA) is 61.4 Å². The van der Waals surface area contributed by atoms with E-state index in [1.165, 1.54) is 11.8 Å². The first-order valence-electron chi connectivity index (χ1n) is 6.01. The van der Waals surface area contributed by atoms with E-state index in [-0.39, 0.29) is 18.7 Å². The highest BCUT2D eigenvalue weighted by Gasteiger charge is 2.20. The van der Waals surface area contributed by atoms with E-state index in [1.54, 1.807) is 6.92 Å². The molecule has 0 saturated heterocycles. The smallest absolute Gasteiger partial charge is 0.315 e. The summed E-state index contributed by atoms with van der Waals surface area (Å²) in [6.07, 6.45) is 1.85. The summed E-state index contributed by atoms with van der Waals surface area (Å²) < 4.78 is 26.2. The highest BCUT2D eigenvalue weighted by atomic mass is 32.2. The Labute approximate surface area is 120 Å². The van der Waals surface area contributed by atoms with E-state index in [9.17, 15) is 18.7 Å². The van der Waals surface area contributed by atoms with Crippen molar-refractivity contribution >= 4 is 17.8 Å². The van der Waals surface area contributed by atoms with Crippen molar-refractivity contribution in [3.05, 3.63) is 35.4 Å². The maximum atomic E-state index is 13.3. The van der Waals surface area contributed by atoms with Gasteiger partial charge in [-0.05, 0) is 31.4 Å². The molecule has 7 heteroatoms. The highest BCUT2D eigenvalue weighted by Crippen LogP contribution is 2.10. The zero-order chi connectivity index (χ0) is 15.2. The molecule has 0 heterocycles.